The van der Waals surface area contributed by atoms with Gasteiger partial charge >= 0.3 is 5.97 Å². The molecule has 5 rings (SSSR count). The lowest BCUT2D eigenvalue weighted by Gasteiger charge is -2.47. The maximum absolute atomic E-state index is 13.1. The maximum Gasteiger partial charge on any atom is 0.353 e. The molecule has 0 aliphatic carbocycles. The number of hydrogen-bond acceptors (Lipinski definition) is 11. The highest BCUT2D eigenvalue weighted by molar-refractivity contribution is 8.03. The number of amides is 3. The molecule has 0 aromatic carbocycles. The molecule has 0 spiro atoms. The highest BCUT2D eigenvalue weighted by Crippen LogP contribution is 2.51. The van der Waals surface area contributed by atoms with E-state index in [1.165, 1.54) is 27.7 Å². The molecule has 39 heavy (non-hydrogen) atoms. The molecule has 8 atom stereocenters. The third kappa shape index (κ3) is 5.01. The van der Waals surface area contributed by atoms with Crippen molar-refractivity contribution in [3.8, 4) is 0 Å². The fourth-order valence-corrected chi connectivity index (χ4v) is 7.57. The summed E-state index contributed by atoms with van der Waals surface area (Å²) in [7, 11) is 1.58. The molecule has 3 amide bonds. The van der Waals surface area contributed by atoms with Gasteiger partial charge in [-0.1, -0.05) is 6.92 Å². The first-order valence-electron chi connectivity index (χ1n) is 12.9. The van der Waals surface area contributed by atoms with Crippen LogP contribution in [0.5, 0.6) is 0 Å². The Morgan fingerprint density at radius 3 is 2.77 bits per heavy atom. The fraction of sp³-hybridized carbons (Fsp3) is 0.696. The Morgan fingerprint density at radius 2 is 2.13 bits per heavy atom. The molecular formula is C23H33N9O6S. The van der Waals surface area contributed by atoms with Crippen molar-refractivity contribution >= 4 is 35.5 Å². The second-order valence-electron chi connectivity index (χ2n) is 10.5. The summed E-state index contributed by atoms with van der Waals surface area (Å²) >= 11 is 1.42. The van der Waals surface area contributed by atoms with Crippen molar-refractivity contribution in [2.45, 2.75) is 62.3 Å². The van der Waals surface area contributed by atoms with Gasteiger partial charge in [-0.15, -0.1) is 16.9 Å². The molecule has 1 aromatic heterocycles. The lowest BCUT2D eigenvalue weighted by atomic mass is 9.78. The SMILES string of the molecule is CO[C@H]1CN(C(=O)[C@@H]2CC(SC3=C(C(=O)O)N4C(=O)[C@H]([C@@H](C)NC(=O)Cn5cnnn5)[C@H]4[C@H]3C)CN2)C[C@@H]1N. The monoisotopic (exact) mass is 563 g/mol. The van der Waals surface area contributed by atoms with E-state index in [1.807, 2.05) is 6.92 Å². The number of nitrogens with one attached hydrogen (secondary N) is 2. The second-order valence-corrected chi connectivity index (χ2v) is 11.9. The largest absolute Gasteiger partial charge is 0.477 e. The molecule has 3 fully saturated rings. The molecule has 1 unspecified atom stereocenters. The number of nitrogens with zero attached hydrogens (tertiary/aromatic N) is 6. The summed E-state index contributed by atoms with van der Waals surface area (Å²) in [4.78, 5) is 54.6. The number of carboxylic acid groups (broad SMARTS) is 1. The lowest BCUT2D eigenvalue weighted by Crippen LogP contribution is -2.66. The van der Waals surface area contributed by atoms with E-state index in [-0.39, 0.29) is 59.3 Å². The van der Waals surface area contributed by atoms with Crippen LogP contribution >= 0.6 is 11.8 Å². The number of β-lactam (4-membered cyclic amide) rings is 1. The number of hydrogen-bond donors (Lipinski definition) is 4. The first kappa shape index (κ1) is 27.5. The molecule has 1 aromatic rings. The van der Waals surface area contributed by atoms with Gasteiger partial charge < -0.3 is 36.0 Å². The molecule has 5 heterocycles. The first-order valence-corrected chi connectivity index (χ1v) is 13.8. The predicted molar refractivity (Wildman–Crippen MR) is 137 cm³/mol. The quantitative estimate of drug-likeness (QED) is 0.233. The standard InChI is InChI=1S/C23H33N9O6S/c1-10-18-17(11(2)27-16(33)8-31-9-26-28-29-31)22(35)32(18)19(23(36)37)20(10)39-12-4-14(25-5-12)21(34)30-6-13(24)15(7-30)38-3/h9-15,17-18,25H,4-8,24H2,1-3H3,(H,27,33)(H,36,37)/t10-,11-,12?,13+,14+,15+,17-,18-/m1/s1. The van der Waals surface area contributed by atoms with Crippen LogP contribution in [0.3, 0.4) is 0 Å². The molecule has 5 N–H and O–H groups in total. The van der Waals surface area contributed by atoms with Gasteiger partial charge in [0.05, 0.1) is 30.1 Å². The number of likely N-dealkylation sites (tertiary alicyclic amines) is 1. The average Bonchev–Trinajstić information content (AvgIpc) is 3.67. The molecule has 16 heteroatoms. The minimum atomic E-state index is -1.16. The van der Waals surface area contributed by atoms with Gasteiger partial charge in [0.1, 0.15) is 18.6 Å². The molecule has 15 nitrogen and oxygen atoms in total. The van der Waals surface area contributed by atoms with Crippen molar-refractivity contribution in [3.63, 3.8) is 0 Å². The van der Waals surface area contributed by atoms with E-state index in [2.05, 4.69) is 26.2 Å². The Labute approximate surface area is 228 Å². The molecule has 4 aliphatic rings. The van der Waals surface area contributed by atoms with E-state index >= 15 is 0 Å². The zero-order valence-electron chi connectivity index (χ0n) is 21.9. The van der Waals surface area contributed by atoms with Crippen molar-refractivity contribution < 1.29 is 29.0 Å². The van der Waals surface area contributed by atoms with Crippen LogP contribution in [0, 0.1) is 11.8 Å². The van der Waals surface area contributed by atoms with Gasteiger partial charge in [-0.3, -0.25) is 14.4 Å². The van der Waals surface area contributed by atoms with Gasteiger partial charge in [-0.05, 0) is 23.8 Å². The number of carbonyl (C=O) groups is 4. The van der Waals surface area contributed by atoms with E-state index < -0.39 is 24.0 Å². The number of ether oxygens (including phenoxy) is 1. The molecule has 4 aliphatic heterocycles. The van der Waals surface area contributed by atoms with E-state index in [9.17, 15) is 24.3 Å². The van der Waals surface area contributed by atoms with Crippen LogP contribution in [-0.2, 0) is 30.5 Å². The average molecular weight is 564 g/mol. The minimum Gasteiger partial charge on any atom is -0.477 e. The van der Waals surface area contributed by atoms with Crippen LogP contribution in [0.1, 0.15) is 20.3 Å². The summed E-state index contributed by atoms with van der Waals surface area (Å²) in [6, 6.07) is -1.51. The normalized spacial score (nSPS) is 32.8. The van der Waals surface area contributed by atoms with Gasteiger partial charge in [0.15, 0.2) is 0 Å². The van der Waals surface area contributed by atoms with Crippen molar-refractivity contribution in [2.75, 3.05) is 26.7 Å². The van der Waals surface area contributed by atoms with E-state index in [0.717, 1.165) is 0 Å². The minimum absolute atomic E-state index is 0.00537. The summed E-state index contributed by atoms with van der Waals surface area (Å²) in [5, 5.41) is 26.7. The van der Waals surface area contributed by atoms with Crippen molar-refractivity contribution in [3.05, 3.63) is 16.9 Å². The van der Waals surface area contributed by atoms with Crippen LogP contribution < -0.4 is 16.4 Å². The van der Waals surface area contributed by atoms with Crippen LogP contribution in [0.25, 0.3) is 0 Å². The number of rotatable bonds is 9. The zero-order chi connectivity index (χ0) is 28.0. The summed E-state index contributed by atoms with van der Waals surface area (Å²) in [5.74, 6) is -2.68. The first-order chi connectivity index (χ1) is 18.6. The highest BCUT2D eigenvalue weighted by atomic mass is 32.2. The Hall–Kier alpha value is -3.08. The number of aromatic nitrogens is 4. The van der Waals surface area contributed by atoms with Gasteiger partial charge in [0.25, 0.3) is 0 Å². The Balaban J connectivity index is 1.22. The zero-order valence-corrected chi connectivity index (χ0v) is 22.7. The number of fused-ring (bicyclic) bond motifs is 1. The number of carboxylic acids is 1. The number of tetrazole rings is 1. The second kappa shape index (κ2) is 10.8. The number of methoxy groups -OCH3 is 1. The fourth-order valence-electron chi connectivity index (χ4n) is 6.10. The van der Waals surface area contributed by atoms with Crippen molar-refractivity contribution in [1.82, 2.24) is 40.6 Å². The van der Waals surface area contributed by atoms with Crippen LogP contribution in [0.4, 0.5) is 0 Å². The van der Waals surface area contributed by atoms with Gasteiger partial charge in [0, 0.05) is 48.9 Å². The van der Waals surface area contributed by atoms with Crippen molar-refractivity contribution in [1.29, 1.82) is 0 Å². The van der Waals surface area contributed by atoms with E-state index in [1.54, 1.807) is 18.9 Å². The topological polar surface area (TPSA) is 198 Å². The van der Waals surface area contributed by atoms with E-state index in [4.69, 9.17) is 10.5 Å². The molecular weight excluding hydrogens is 530 g/mol. The van der Waals surface area contributed by atoms with Crippen molar-refractivity contribution in [2.24, 2.45) is 17.6 Å². The molecule has 0 saturated carbocycles. The number of carbonyl (C=O) groups excluding carboxylic acids is 3. The maximum atomic E-state index is 13.1. The van der Waals surface area contributed by atoms with Gasteiger partial charge in [0.2, 0.25) is 17.7 Å². The smallest absolute Gasteiger partial charge is 0.353 e. The highest BCUT2D eigenvalue weighted by Gasteiger charge is 2.60. The molecule has 212 valence electrons. The molecule has 3 saturated heterocycles. The van der Waals surface area contributed by atoms with Crippen LogP contribution in [0.2, 0.25) is 0 Å². The molecule has 0 bridgehead atoms. The molecule has 0 radical (unpaired) electrons. The third-order valence-corrected chi connectivity index (χ3v) is 9.53. The Morgan fingerprint density at radius 1 is 1.36 bits per heavy atom. The summed E-state index contributed by atoms with van der Waals surface area (Å²) in [6.07, 6.45) is 1.66. The number of thioether (sulfide) groups is 1. The Kier molecular flexibility index (Phi) is 7.63. The lowest BCUT2D eigenvalue weighted by molar-refractivity contribution is -0.158. The van der Waals surface area contributed by atoms with Gasteiger partial charge in [-0.25, -0.2) is 9.48 Å². The number of nitrogens with two attached hydrogens (primary N) is 1. The van der Waals surface area contributed by atoms with Crippen LogP contribution in [-0.4, -0.2) is 121 Å². The third-order valence-electron chi connectivity index (χ3n) is 8.02. The van der Waals surface area contributed by atoms with Crippen LogP contribution in [0.15, 0.2) is 16.9 Å². The summed E-state index contributed by atoms with van der Waals surface area (Å²) < 4.78 is 6.63. The van der Waals surface area contributed by atoms with E-state index in [0.29, 0.717) is 31.0 Å². The number of aliphatic carboxylic acids is 1. The summed E-state index contributed by atoms with van der Waals surface area (Å²) in [6.45, 7) is 4.97. The Bertz CT molecular complexity index is 1180. The summed E-state index contributed by atoms with van der Waals surface area (Å²) in [5.41, 5.74) is 6.07. The van der Waals surface area contributed by atoms with Gasteiger partial charge in [-0.2, -0.15) is 0 Å². The predicted octanol–water partition coefficient (Wildman–Crippen LogP) is -2.40.